The van der Waals surface area contributed by atoms with E-state index in [4.69, 9.17) is 5.73 Å². The van der Waals surface area contributed by atoms with Crippen LogP contribution in [0.5, 0.6) is 0 Å². The number of hydrogen-bond acceptors (Lipinski definition) is 4. The summed E-state index contributed by atoms with van der Waals surface area (Å²) in [5.41, 5.74) is 7.33. The van der Waals surface area contributed by atoms with E-state index in [1.165, 1.54) is 18.2 Å². The van der Waals surface area contributed by atoms with Crippen LogP contribution in [0.4, 0.5) is 17.1 Å². The number of carbonyl (C=O) groups excluding carboxylic acids is 1. The van der Waals surface area contributed by atoms with Crippen molar-refractivity contribution >= 4 is 33.9 Å². The first kappa shape index (κ1) is 13.6. The van der Waals surface area contributed by atoms with Gasteiger partial charge in [0.15, 0.2) is 0 Å². The van der Waals surface area contributed by atoms with Gasteiger partial charge in [-0.15, -0.1) is 0 Å². The molecule has 1 amide bonds. The van der Waals surface area contributed by atoms with Gasteiger partial charge in [0.05, 0.1) is 16.2 Å². The highest BCUT2D eigenvalue weighted by atomic mass is 16.6. The number of aromatic amines is 1. The van der Waals surface area contributed by atoms with Gasteiger partial charge in [-0.3, -0.25) is 14.9 Å². The number of rotatable bonds is 3. The number of nitro benzene ring substituents is 1. The van der Waals surface area contributed by atoms with E-state index < -0.39 is 10.8 Å². The zero-order valence-corrected chi connectivity index (χ0v) is 11.4. The van der Waals surface area contributed by atoms with E-state index in [0.717, 1.165) is 10.9 Å². The molecule has 0 aliphatic heterocycles. The molecule has 1 aromatic heterocycles. The molecule has 110 valence electrons. The average molecular weight is 296 g/mol. The number of H-pyrrole nitrogens is 1. The Hall–Kier alpha value is -3.35. The van der Waals surface area contributed by atoms with Gasteiger partial charge in [0, 0.05) is 29.5 Å². The van der Waals surface area contributed by atoms with Crippen molar-refractivity contribution in [2.45, 2.75) is 0 Å². The summed E-state index contributed by atoms with van der Waals surface area (Å²) in [6, 6.07) is 11.1. The van der Waals surface area contributed by atoms with Gasteiger partial charge in [0.1, 0.15) is 0 Å². The molecule has 7 nitrogen and oxygen atoms in total. The van der Waals surface area contributed by atoms with Crippen LogP contribution >= 0.6 is 0 Å². The van der Waals surface area contributed by atoms with E-state index >= 15 is 0 Å². The lowest BCUT2D eigenvalue weighted by Gasteiger charge is -2.07. The van der Waals surface area contributed by atoms with Crippen molar-refractivity contribution in [2.75, 3.05) is 11.1 Å². The summed E-state index contributed by atoms with van der Waals surface area (Å²) in [6.45, 7) is 0. The third-order valence-electron chi connectivity index (χ3n) is 3.30. The molecular weight excluding hydrogens is 284 g/mol. The fraction of sp³-hybridized carbons (Fsp3) is 0. The number of fused-ring (bicyclic) bond motifs is 1. The molecule has 22 heavy (non-hydrogen) atoms. The van der Waals surface area contributed by atoms with Crippen LogP contribution in [-0.2, 0) is 0 Å². The number of anilines is 2. The Morgan fingerprint density at radius 3 is 2.73 bits per heavy atom. The number of hydrogen-bond donors (Lipinski definition) is 3. The Balaban J connectivity index is 1.86. The molecule has 1 heterocycles. The maximum atomic E-state index is 12.2. The normalized spacial score (nSPS) is 10.5. The molecule has 2 aromatic carbocycles. The summed E-state index contributed by atoms with van der Waals surface area (Å²) in [5.74, 6) is -0.418. The molecule has 0 aliphatic rings. The number of nitrogen functional groups attached to an aromatic ring is 1. The molecule has 0 aliphatic carbocycles. The van der Waals surface area contributed by atoms with Crippen molar-refractivity contribution in [3.05, 3.63) is 64.3 Å². The molecule has 0 spiro atoms. The standard InChI is InChI=1S/C15H12N4O3/c16-13-8-11(19(21)22)3-4-12(13)15(20)18-10-2-1-9-5-6-17-14(9)7-10/h1-8,17H,16H2,(H,18,20). The lowest BCUT2D eigenvalue weighted by atomic mass is 10.1. The smallest absolute Gasteiger partial charge is 0.271 e. The number of benzene rings is 2. The lowest BCUT2D eigenvalue weighted by Crippen LogP contribution is -2.14. The van der Waals surface area contributed by atoms with E-state index in [-0.39, 0.29) is 16.9 Å². The number of non-ortho nitro benzene ring substituents is 1. The van der Waals surface area contributed by atoms with E-state index in [2.05, 4.69) is 10.3 Å². The molecule has 0 atom stereocenters. The third kappa shape index (κ3) is 2.47. The molecule has 0 unspecified atom stereocenters. The van der Waals surface area contributed by atoms with Crippen LogP contribution in [0.1, 0.15) is 10.4 Å². The fourth-order valence-electron chi connectivity index (χ4n) is 2.19. The van der Waals surface area contributed by atoms with Gasteiger partial charge >= 0.3 is 0 Å². The lowest BCUT2D eigenvalue weighted by molar-refractivity contribution is -0.384. The largest absolute Gasteiger partial charge is 0.398 e. The summed E-state index contributed by atoms with van der Waals surface area (Å²) in [6.07, 6.45) is 1.81. The maximum absolute atomic E-state index is 12.2. The summed E-state index contributed by atoms with van der Waals surface area (Å²) < 4.78 is 0. The third-order valence-corrected chi connectivity index (χ3v) is 3.30. The van der Waals surface area contributed by atoms with Crippen LogP contribution in [0.2, 0.25) is 0 Å². The second kappa shape index (κ2) is 5.21. The van der Waals surface area contributed by atoms with Gasteiger partial charge in [-0.25, -0.2) is 0 Å². The quantitative estimate of drug-likeness (QED) is 0.391. The van der Waals surface area contributed by atoms with Crippen LogP contribution in [0.25, 0.3) is 10.9 Å². The summed E-state index contributed by atoms with van der Waals surface area (Å²) >= 11 is 0. The summed E-state index contributed by atoms with van der Waals surface area (Å²) in [7, 11) is 0. The van der Waals surface area contributed by atoms with Crippen molar-refractivity contribution in [1.29, 1.82) is 0 Å². The van der Waals surface area contributed by atoms with Crippen molar-refractivity contribution in [2.24, 2.45) is 0 Å². The highest BCUT2D eigenvalue weighted by Gasteiger charge is 2.14. The number of nitro groups is 1. The van der Waals surface area contributed by atoms with Crippen LogP contribution in [0.3, 0.4) is 0 Å². The highest BCUT2D eigenvalue weighted by molar-refractivity contribution is 6.08. The monoisotopic (exact) mass is 296 g/mol. The van der Waals surface area contributed by atoms with E-state index in [9.17, 15) is 14.9 Å². The Morgan fingerprint density at radius 2 is 2.00 bits per heavy atom. The fourth-order valence-corrected chi connectivity index (χ4v) is 2.19. The van der Waals surface area contributed by atoms with Crippen molar-refractivity contribution in [1.82, 2.24) is 4.98 Å². The molecule has 3 rings (SSSR count). The summed E-state index contributed by atoms with van der Waals surface area (Å²) in [5, 5.41) is 14.4. The van der Waals surface area contributed by atoms with Gasteiger partial charge in [-0.05, 0) is 29.7 Å². The Morgan fingerprint density at radius 1 is 1.18 bits per heavy atom. The van der Waals surface area contributed by atoms with Crippen LogP contribution in [0.15, 0.2) is 48.7 Å². The van der Waals surface area contributed by atoms with E-state index in [1.54, 1.807) is 12.1 Å². The molecule has 0 radical (unpaired) electrons. The average Bonchev–Trinajstić information content (AvgIpc) is 2.94. The van der Waals surface area contributed by atoms with E-state index in [1.807, 2.05) is 18.3 Å². The van der Waals surface area contributed by atoms with Crippen LogP contribution in [-0.4, -0.2) is 15.8 Å². The number of carbonyl (C=O) groups is 1. The molecule has 0 saturated heterocycles. The number of nitrogens with one attached hydrogen (secondary N) is 2. The van der Waals surface area contributed by atoms with Gasteiger partial charge in [-0.1, -0.05) is 6.07 Å². The second-order valence-corrected chi connectivity index (χ2v) is 4.76. The Kier molecular flexibility index (Phi) is 3.23. The molecule has 0 saturated carbocycles. The highest BCUT2D eigenvalue weighted by Crippen LogP contribution is 2.22. The zero-order chi connectivity index (χ0) is 15.7. The van der Waals surface area contributed by atoms with Gasteiger partial charge in [0.25, 0.3) is 11.6 Å². The predicted octanol–water partition coefficient (Wildman–Crippen LogP) is 2.91. The van der Waals surface area contributed by atoms with E-state index in [0.29, 0.717) is 5.69 Å². The number of aromatic nitrogens is 1. The number of amides is 1. The molecular formula is C15H12N4O3. The van der Waals surface area contributed by atoms with Crippen LogP contribution < -0.4 is 11.1 Å². The molecule has 3 aromatic rings. The topological polar surface area (TPSA) is 114 Å². The van der Waals surface area contributed by atoms with Gasteiger partial charge in [0.2, 0.25) is 0 Å². The van der Waals surface area contributed by atoms with Crippen molar-refractivity contribution < 1.29 is 9.72 Å². The van der Waals surface area contributed by atoms with Crippen LogP contribution in [0, 0.1) is 10.1 Å². The SMILES string of the molecule is Nc1cc([N+](=O)[O-])ccc1C(=O)Nc1ccc2cc[nH]c2c1. The Labute approximate surface area is 124 Å². The zero-order valence-electron chi connectivity index (χ0n) is 11.4. The second-order valence-electron chi connectivity index (χ2n) is 4.76. The molecule has 4 N–H and O–H groups in total. The predicted molar refractivity (Wildman–Crippen MR) is 83.8 cm³/mol. The molecule has 0 bridgehead atoms. The first-order valence-electron chi connectivity index (χ1n) is 6.47. The number of nitrogens with two attached hydrogens (primary N) is 1. The summed E-state index contributed by atoms with van der Waals surface area (Å²) in [4.78, 5) is 25.4. The van der Waals surface area contributed by atoms with Crippen molar-refractivity contribution in [3.63, 3.8) is 0 Å². The molecule has 0 fully saturated rings. The minimum atomic E-state index is -0.558. The van der Waals surface area contributed by atoms with Gasteiger partial charge in [-0.2, -0.15) is 0 Å². The minimum absolute atomic E-state index is 0.0626. The van der Waals surface area contributed by atoms with Gasteiger partial charge < -0.3 is 16.0 Å². The first-order chi connectivity index (χ1) is 10.5. The van der Waals surface area contributed by atoms with Crippen molar-refractivity contribution in [3.8, 4) is 0 Å². The number of nitrogens with zero attached hydrogens (tertiary/aromatic N) is 1. The molecule has 7 heteroatoms. The first-order valence-corrected chi connectivity index (χ1v) is 6.47. The Bertz CT molecular complexity index is 885. The minimum Gasteiger partial charge on any atom is -0.398 e. The maximum Gasteiger partial charge on any atom is 0.271 e.